The molecule has 25 heavy (non-hydrogen) atoms. The lowest BCUT2D eigenvalue weighted by atomic mass is 10.1. The minimum Gasteiger partial charge on any atom is -0.352 e. The van der Waals surface area contributed by atoms with Gasteiger partial charge < -0.3 is 5.32 Å². The van der Waals surface area contributed by atoms with Crippen molar-refractivity contribution < 1.29 is 4.79 Å². The largest absolute Gasteiger partial charge is 0.352 e. The van der Waals surface area contributed by atoms with Crippen molar-refractivity contribution in [1.29, 1.82) is 0 Å². The molecule has 0 atom stereocenters. The molecule has 0 spiro atoms. The Bertz CT molecular complexity index is 853. The zero-order valence-corrected chi connectivity index (χ0v) is 14.7. The van der Waals surface area contributed by atoms with Crippen LogP contribution in [0.3, 0.4) is 0 Å². The van der Waals surface area contributed by atoms with Crippen molar-refractivity contribution in [3.05, 3.63) is 83.2 Å². The molecule has 128 valence electrons. The number of aryl methyl sites for hydroxylation is 3. The SMILES string of the molecule is Cc1cccc(C(=O)NCCCc2cn(-c3ccccc3)nc2C)c1. The molecule has 0 radical (unpaired) electrons. The number of nitrogens with one attached hydrogen (secondary N) is 1. The number of carbonyl (C=O) groups is 1. The average molecular weight is 333 g/mol. The van der Waals surface area contributed by atoms with Gasteiger partial charge in [-0.05, 0) is 56.5 Å². The van der Waals surface area contributed by atoms with Crippen molar-refractivity contribution in [3.63, 3.8) is 0 Å². The molecule has 0 unspecified atom stereocenters. The summed E-state index contributed by atoms with van der Waals surface area (Å²) in [5.41, 5.74) is 5.12. The number of aromatic nitrogens is 2. The van der Waals surface area contributed by atoms with Crippen molar-refractivity contribution >= 4 is 5.91 Å². The van der Waals surface area contributed by atoms with Crippen LogP contribution in [0.15, 0.2) is 60.8 Å². The number of hydrogen-bond donors (Lipinski definition) is 1. The van der Waals surface area contributed by atoms with Gasteiger partial charge in [0.1, 0.15) is 0 Å². The van der Waals surface area contributed by atoms with Crippen molar-refractivity contribution in [2.24, 2.45) is 0 Å². The van der Waals surface area contributed by atoms with Crippen LogP contribution in [-0.2, 0) is 6.42 Å². The number of amides is 1. The van der Waals surface area contributed by atoms with Gasteiger partial charge in [-0.1, -0.05) is 35.9 Å². The third kappa shape index (κ3) is 4.35. The maximum atomic E-state index is 12.1. The molecule has 1 heterocycles. The lowest BCUT2D eigenvalue weighted by molar-refractivity contribution is 0.0953. The highest BCUT2D eigenvalue weighted by Gasteiger charge is 2.08. The van der Waals surface area contributed by atoms with Gasteiger partial charge in [-0.25, -0.2) is 4.68 Å². The summed E-state index contributed by atoms with van der Waals surface area (Å²) < 4.78 is 1.91. The van der Waals surface area contributed by atoms with E-state index in [4.69, 9.17) is 0 Å². The number of rotatable bonds is 6. The lowest BCUT2D eigenvalue weighted by Gasteiger charge is -2.05. The molecule has 1 N–H and O–H groups in total. The third-order valence-electron chi connectivity index (χ3n) is 4.21. The van der Waals surface area contributed by atoms with Crippen LogP contribution in [0.5, 0.6) is 0 Å². The molecule has 3 rings (SSSR count). The lowest BCUT2D eigenvalue weighted by Crippen LogP contribution is -2.24. The van der Waals surface area contributed by atoms with Crippen molar-refractivity contribution in [2.75, 3.05) is 6.54 Å². The molecule has 2 aromatic carbocycles. The second-order valence-electron chi connectivity index (χ2n) is 6.25. The number of para-hydroxylation sites is 1. The predicted molar refractivity (Wildman–Crippen MR) is 100 cm³/mol. The summed E-state index contributed by atoms with van der Waals surface area (Å²) >= 11 is 0. The highest BCUT2D eigenvalue weighted by atomic mass is 16.1. The number of carbonyl (C=O) groups excluding carboxylic acids is 1. The van der Waals surface area contributed by atoms with Gasteiger partial charge in [0, 0.05) is 18.3 Å². The third-order valence-corrected chi connectivity index (χ3v) is 4.21. The van der Waals surface area contributed by atoms with Gasteiger partial charge in [0.15, 0.2) is 0 Å². The van der Waals surface area contributed by atoms with Crippen LogP contribution in [0.25, 0.3) is 5.69 Å². The Morgan fingerprint density at radius 1 is 1.08 bits per heavy atom. The molecule has 0 aliphatic heterocycles. The molecule has 0 bridgehead atoms. The van der Waals surface area contributed by atoms with Gasteiger partial charge >= 0.3 is 0 Å². The van der Waals surface area contributed by atoms with Crippen LogP contribution in [0, 0.1) is 13.8 Å². The summed E-state index contributed by atoms with van der Waals surface area (Å²) in [4.78, 5) is 12.1. The first kappa shape index (κ1) is 17.0. The molecule has 3 aromatic rings. The van der Waals surface area contributed by atoms with Crippen LogP contribution >= 0.6 is 0 Å². The van der Waals surface area contributed by atoms with Gasteiger partial charge in [0.25, 0.3) is 5.91 Å². The maximum absolute atomic E-state index is 12.1. The Kier molecular flexibility index (Phi) is 5.29. The zero-order chi connectivity index (χ0) is 17.6. The van der Waals surface area contributed by atoms with Crippen LogP contribution in [0.1, 0.15) is 33.6 Å². The number of nitrogens with zero attached hydrogens (tertiary/aromatic N) is 2. The van der Waals surface area contributed by atoms with Gasteiger partial charge in [0.2, 0.25) is 0 Å². The average Bonchev–Trinajstić information content (AvgIpc) is 3.00. The minimum atomic E-state index is -0.0135. The molecule has 0 aliphatic carbocycles. The summed E-state index contributed by atoms with van der Waals surface area (Å²) in [6.07, 6.45) is 3.86. The molecule has 0 saturated carbocycles. The van der Waals surface area contributed by atoms with E-state index in [1.54, 1.807) is 0 Å². The summed E-state index contributed by atoms with van der Waals surface area (Å²) in [6.45, 7) is 4.67. The van der Waals surface area contributed by atoms with E-state index in [1.807, 2.05) is 73.1 Å². The van der Waals surface area contributed by atoms with Crippen LogP contribution in [-0.4, -0.2) is 22.2 Å². The molecule has 0 fully saturated rings. The molecule has 0 saturated heterocycles. The number of benzene rings is 2. The van der Waals surface area contributed by atoms with Crippen molar-refractivity contribution in [2.45, 2.75) is 26.7 Å². The van der Waals surface area contributed by atoms with Crippen molar-refractivity contribution in [3.8, 4) is 5.69 Å². The monoisotopic (exact) mass is 333 g/mol. The first-order chi connectivity index (χ1) is 12.1. The quantitative estimate of drug-likeness (QED) is 0.697. The van der Waals surface area contributed by atoms with Crippen LogP contribution < -0.4 is 5.32 Å². The van der Waals surface area contributed by atoms with E-state index < -0.39 is 0 Å². The van der Waals surface area contributed by atoms with Crippen molar-refractivity contribution in [1.82, 2.24) is 15.1 Å². The summed E-state index contributed by atoms with van der Waals surface area (Å²) in [6, 6.07) is 17.7. The second kappa shape index (κ2) is 7.79. The van der Waals surface area contributed by atoms with E-state index in [0.717, 1.165) is 29.8 Å². The topological polar surface area (TPSA) is 46.9 Å². The Hall–Kier alpha value is -2.88. The minimum absolute atomic E-state index is 0.0135. The Morgan fingerprint density at radius 3 is 2.64 bits per heavy atom. The van der Waals surface area contributed by atoms with E-state index in [1.165, 1.54) is 5.56 Å². The molecular formula is C21H23N3O. The summed E-state index contributed by atoms with van der Waals surface area (Å²) in [5, 5.41) is 7.57. The summed E-state index contributed by atoms with van der Waals surface area (Å²) in [5.74, 6) is -0.0135. The standard InChI is InChI=1S/C21H23N3O/c1-16-8-6-9-18(14-16)21(25)22-13-7-10-19-15-24(23-17(19)2)20-11-4-3-5-12-20/h3-6,8-9,11-12,14-15H,7,10,13H2,1-2H3,(H,22,25). The van der Waals surface area contributed by atoms with Gasteiger partial charge in [-0.3, -0.25) is 4.79 Å². The molecule has 0 aliphatic rings. The molecule has 4 heteroatoms. The smallest absolute Gasteiger partial charge is 0.251 e. The van der Waals surface area contributed by atoms with Gasteiger partial charge in [0.05, 0.1) is 11.4 Å². The molecule has 4 nitrogen and oxygen atoms in total. The molecule has 1 amide bonds. The fourth-order valence-electron chi connectivity index (χ4n) is 2.82. The first-order valence-corrected chi connectivity index (χ1v) is 8.59. The van der Waals surface area contributed by atoms with Crippen LogP contribution in [0.2, 0.25) is 0 Å². The highest BCUT2D eigenvalue weighted by molar-refractivity contribution is 5.94. The Morgan fingerprint density at radius 2 is 1.88 bits per heavy atom. The van der Waals surface area contributed by atoms with Gasteiger partial charge in [-0.15, -0.1) is 0 Å². The van der Waals surface area contributed by atoms with E-state index in [0.29, 0.717) is 12.1 Å². The Labute approximate surface area is 148 Å². The number of hydrogen-bond acceptors (Lipinski definition) is 2. The van der Waals surface area contributed by atoms with Gasteiger partial charge in [-0.2, -0.15) is 5.10 Å². The van der Waals surface area contributed by atoms with E-state index in [2.05, 4.69) is 16.6 Å². The molecular weight excluding hydrogens is 310 g/mol. The second-order valence-corrected chi connectivity index (χ2v) is 6.25. The zero-order valence-electron chi connectivity index (χ0n) is 14.7. The van der Waals surface area contributed by atoms with E-state index >= 15 is 0 Å². The first-order valence-electron chi connectivity index (χ1n) is 8.59. The fourth-order valence-corrected chi connectivity index (χ4v) is 2.82. The summed E-state index contributed by atoms with van der Waals surface area (Å²) in [7, 11) is 0. The fraction of sp³-hybridized carbons (Fsp3) is 0.238. The molecule has 1 aromatic heterocycles. The highest BCUT2D eigenvalue weighted by Crippen LogP contribution is 2.13. The van der Waals surface area contributed by atoms with Crippen LogP contribution in [0.4, 0.5) is 0 Å². The predicted octanol–water partition coefficient (Wildman–Crippen LogP) is 3.85. The normalized spacial score (nSPS) is 10.6. The van der Waals surface area contributed by atoms with E-state index in [9.17, 15) is 4.79 Å². The van der Waals surface area contributed by atoms with E-state index in [-0.39, 0.29) is 5.91 Å². The maximum Gasteiger partial charge on any atom is 0.251 e. The Balaban J connectivity index is 1.53.